The number of nitrogens with zero attached hydrogens (tertiary/aromatic N) is 2. The molecule has 5 N–H and O–H groups in total. The van der Waals surface area contributed by atoms with Crippen molar-refractivity contribution in [2.45, 2.75) is 12.8 Å². The van der Waals surface area contributed by atoms with Gasteiger partial charge in [-0.25, -0.2) is 5.84 Å². The van der Waals surface area contributed by atoms with Crippen LogP contribution in [-0.2, 0) is 17.6 Å². The highest BCUT2D eigenvalue weighted by Gasteiger charge is 2.27. The summed E-state index contributed by atoms with van der Waals surface area (Å²) in [5.74, 6) is 9.61. The number of rotatable bonds is 3. The van der Waals surface area contributed by atoms with E-state index < -0.39 is 5.97 Å². The smallest absolute Gasteiger partial charge is 0.307 e. The van der Waals surface area contributed by atoms with Crippen molar-refractivity contribution in [3.05, 3.63) is 29.3 Å². The quantitative estimate of drug-likeness (QED) is 0.297. The number of hydrogen-bond donors (Lipinski definition) is 3. The van der Waals surface area contributed by atoms with Gasteiger partial charge in [0.05, 0.1) is 11.6 Å². The molecule has 1 unspecified atom stereocenters. The number of carbonyl (C=O) groups is 1. The fourth-order valence-electron chi connectivity index (χ4n) is 2.08. The summed E-state index contributed by atoms with van der Waals surface area (Å²) in [4.78, 5) is 10.9. The van der Waals surface area contributed by atoms with Crippen molar-refractivity contribution in [2.75, 3.05) is 5.01 Å². The second-order valence-electron chi connectivity index (χ2n) is 4.07. The number of hydrazone groups is 1. The molecular formula is C11H14N4O2. The van der Waals surface area contributed by atoms with E-state index in [2.05, 4.69) is 5.10 Å². The minimum Gasteiger partial charge on any atom is -0.481 e. The van der Waals surface area contributed by atoms with Crippen LogP contribution >= 0.6 is 0 Å². The van der Waals surface area contributed by atoms with Gasteiger partial charge in [-0.2, -0.15) is 5.10 Å². The molecule has 0 aliphatic heterocycles. The Hall–Kier alpha value is -2.08. The molecule has 0 saturated carbocycles. The van der Waals surface area contributed by atoms with E-state index in [-0.39, 0.29) is 5.92 Å². The Morgan fingerprint density at radius 1 is 1.47 bits per heavy atom. The van der Waals surface area contributed by atoms with Crippen LogP contribution in [0, 0.1) is 5.92 Å². The van der Waals surface area contributed by atoms with E-state index in [0.29, 0.717) is 12.8 Å². The van der Waals surface area contributed by atoms with Crippen LogP contribution in [0.4, 0.5) is 5.69 Å². The normalized spacial score (nSPS) is 18.3. The van der Waals surface area contributed by atoms with Crippen molar-refractivity contribution >= 4 is 18.0 Å². The summed E-state index contributed by atoms with van der Waals surface area (Å²) in [6, 6.07) is 5.60. The van der Waals surface area contributed by atoms with Gasteiger partial charge in [-0.15, -0.1) is 0 Å². The topological polar surface area (TPSA) is 105 Å². The summed E-state index contributed by atoms with van der Waals surface area (Å²) in [7, 11) is 0. The Kier molecular flexibility index (Phi) is 2.97. The molecule has 1 atom stereocenters. The summed E-state index contributed by atoms with van der Waals surface area (Å²) in [5, 5.41) is 13.6. The van der Waals surface area contributed by atoms with Gasteiger partial charge in [0, 0.05) is 0 Å². The lowest BCUT2D eigenvalue weighted by molar-refractivity contribution is -0.141. The molecule has 0 amide bonds. The second-order valence-corrected chi connectivity index (χ2v) is 4.07. The maximum atomic E-state index is 10.9. The van der Waals surface area contributed by atoms with Gasteiger partial charge in [0.15, 0.2) is 0 Å². The monoisotopic (exact) mass is 234 g/mol. The van der Waals surface area contributed by atoms with Gasteiger partial charge < -0.3 is 10.9 Å². The first-order chi connectivity index (χ1) is 8.11. The van der Waals surface area contributed by atoms with Gasteiger partial charge in [-0.05, 0) is 36.1 Å². The van der Waals surface area contributed by atoms with E-state index in [9.17, 15) is 4.79 Å². The zero-order valence-corrected chi connectivity index (χ0v) is 9.21. The van der Waals surface area contributed by atoms with Crippen molar-refractivity contribution in [2.24, 2.45) is 22.7 Å². The average molecular weight is 234 g/mol. The zero-order valence-electron chi connectivity index (χ0n) is 9.21. The van der Waals surface area contributed by atoms with Crippen LogP contribution in [0.5, 0.6) is 0 Å². The van der Waals surface area contributed by atoms with Crippen molar-refractivity contribution < 1.29 is 9.90 Å². The van der Waals surface area contributed by atoms with Crippen LogP contribution in [0.1, 0.15) is 11.1 Å². The molecule has 0 radical (unpaired) electrons. The van der Waals surface area contributed by atoms with Gasteiger partial charge in [-0.1, -0.05) is 6.07 Å². The molecule has 1 aliphatic rings. The summed E-state index contributed by atoms with van der Waals surface area (Å²) < 4.78 is 0. The van der Waals surface area contributed by atoms with Crippen molar-refractivity contribution in [3.63, 3.8) is 0 Å². The largest absolute Gasteiger partial charge is 0.481 e. The molecule has 0 saturated heterocycles. The Bertz CT molecular complexity index is 473. The molecule has 0 aromatic heterocycles. The third-order valence-electron chi connectivity index (χ3n) is 2.96. The molecule has 1 aromatic carbocycles. The highest BCUT2D eigenvalue weighted by Crippen LogP contribution is 2.29. The Balaban J connectivity index is 2.23. The molecule has 2 rings (SSSR count). The molecule has 6 heteroatoms. The maximum Gasteiger partial charge on any atom is 0.307 e. The Labute approximate surface area is 98.5 Å². The molecule has 1 aromatic rings. The van der Waals surface area contributed by atoms with Gasteiger partial charge in [0.2, 0.25) is 0 Å². The van der Waals surface area contributed by atoms with Crippen LogP contribution < -0.4 is 16.7 Å². The summed E-state index contributed by atoms with van der Waals surface area (Å²) in [6.07, 6.45) is 2.43. The third-order valence-corrected chi connectivity index (χ3v) is 2.96. The van der Waals surface area contributed by atoms with Crippen LogP contribution in [-0.4, -0.2) is 17.4 Å². The number of hydrogen-bond acceptors (Lipinski definition) is 4. The Morgan fingerprint density at radius 2 is 2.18 bits per heavy atom. The average Bonchev–Trinajstić information content (AvgIpc) is 2.71. The molecule has 0 bridgehead atoms. The zero-order chi connectivity index (χ0) is 12.4. The van der Waals surface area contributed by atoms with E-state index in [1.807, 2.05) is 18.2 Å². The van der Waals surface area contributed by atoms with Gasteiger partial charge in [0.1, 0.15) is 6.34 Å². The molecule has 1 aliphatic carbocycles. The van der Waals surface area contributed by atoms with Crippen LogP contribution in [0.15, 0.2) is 23.3 Å². The number of fused-ring (bicyclic) bond motifs is 1. The fraction of sp³-hybridized carbons (Fsp3) is 0.273. The predicted molar refractivity (Wildman–Crippen MR) is 64.3 cm³/mol. The van der Waals surface area contributed by atoms with Crippen molar-refractivity contribution in [3.8, 4) is 0 Å². The van der Waals surface area contributed by atoms with E-state index in [4.69, 9.17) is 16.8 Å². The highest BCUT2D eigenvalue weighted by atomic mass is 16.4. The lowest BCUT2D eigenvalue weighted by Crippen LogP contribution is -2.29. The first-order valence-corrected chi connectivity index (χ1v) is 5.23. The van der Waals surface area contributed by atoms with Gasteiger partial charge >= 0.3 is 5.97 Å². The third kappa shape index (κ3) is 2.21. The minimum atomic E-state index is -0.754. The minimum absolute atomic E-state index is 0.324. The highest BCUT2D eigenvalue weighted by molar-refractivity contribution is 5.78. The first kappa shape index (κ1) is 11.4. The summed E-state index contributed by atoms with van der Waals surface area (Å²) in [6.45, 7) is 0. The maximum absolute atomic E-state index is 10.9. The number of carboxylic acid groups (broad SMARTS) is 1. The summed E-state index contributed by atoms with van der Waals surface area (Å²) >= 11 is 0. The van der Waals surface area contributed by atoms with Gasteiger partial charge in [0.25, 0.3) is 0 Å². The van der Waals surface area contributed by atoms with E-state index in [0.717, 1.165) is 16.8 Å². The number of nitrogens with two attached hydrogens (primary N) is 2. The molecular weight excluding hydrogens is 220 g/mol. The molecule has 0 fully saturated rings. The van der Waals surface area contributed by atoms with Crippen molar-refractivity contribution in [1.29, 1.82) is 0 Å². The number of carboxylic acids is 1. The molecule has 6 nitrogen and oxygen atoms in total. The molecule has 0 spiro atoms. The fourth-order valence-corrected chi connectivity index (χ4v) is 2.08. The number of anilines is 1. The summed E-state index contributed by atoms with van der Waals surface area (Å²) in [5.41, 5.74) is 2.83. The van der Waals surface area contributed by atoms with Gasteiger partial charge in [-0.3, -0.25) is 9.80 Å². The number of aliphatic carboxylic acids is 1. The van der Waals surface area contributed by atoms with Crippen LogP contribution in [0.25, 0.3) is 0 Å². The Morgan fingerprint density at radius 3 is 2.82 bits per heavy atom. The van der Waals surface area contributed by atoms with Crippen LogP contribution in [0.2, 0.25) is 0 Å². The number of benzene rings is 1. The van der Waals surface area contributed by atoms with Crippen LogP contribution in [0.3, 0.4) is 0 Å². The SMILES string of the molecule is N/N=C\N(N)c1ccc2c(c1)CC(C(=O)O)C2. The lowest BCUT2D eigenvalue weighted by atomic mass is 10.1. The standard InChI is InChI=1S/C11H14N4O2/c12-14-6-15(13)10-2-1-7-3-9(11(16)17)4-8(7)5-10/h1-2,5-6,9H,3-4,12-13H2,(H,16,17)/b14-6-. The van der Waals surface area contributed by atoms with E-state index >= 15 is 0 Å². The first-order valence-electron chi connectivity index (χ1n) is 5.23. The second kappa shape index (κ2) is 4.42. The molecule has 17 heavy (non-hydrogen) atoms. The van der Waals surface area contributed by atoms with Crippen molar-refractivity contribution in [1.82, 2.24) is 0 Å². The number of hydrazine groups is 1. The lowest BCUT2D eigenvalue weighted by Gasteiger charge is -2.13. The van der Waals surface area contributed by atoms with E-state index in [1.54, 1.807) is 0 Å². The molecule has 90 valence electrons. The predicted octanol–water partition coefficient (Wildman–Crippen LogP) is 0.0681. The van der Waals surface area contributed by atoms with E-state index in [1.165, 1.54) is 11.3 Å². The molecule has 0 heterocycles.